The number of piperazine rings is 1. The number of carbonyl (C=O) groups is 2. The van der Waals surface area contributed by atoms with Gasteiger partial charge in [0.15, 0.2) is 0 Å². The topological polar surface area (TPSA) is 49.4 Å². The van der Waals surface area contributed by atoms with E-state index in [4.69, 9.17) is 0 Å². The highest BCUT2D eigenvalue weighted by atomic mass is 16.2. The predicted octanol–water partition coefficient (Wildman–Crippen LogP) is 2.13. The summed E-state index contributed by atoms with van der Waals surface area (Å²) in [6.45, 7) is 5.90. The molecule has 0 radical (unpaired) electrons. The van der Waals surface area contributed by atoms with Crippen LogP contribution in [0.2, 0.25) is 0 Å². The molecule has 3 atom stereocenters. The monoisotopic (exact) mass is 288 g/mol. The smallest absolute Gasteiger partial charge is 0.246 e. The van der Waals surface area contributed by atoms with Crippen LogP contribution in [0.4, 0.5) is 0 Å². The maximum Gasteiger partial charge on any atom is 0.246 e. The van der Waals surface area contributed by atoms with Crippen LogP contribution in [0, 0.1) is 0 Å². The second kappa shape index (κ2) is 6.74. The lowest BCUT2D eigenvalue weighted by Gasteiger charge is -2.42. The van der Waals surface area contributed by atoms with Gasteiger partial charge in [0.25, 0.3) is 0 Å². The lowest BCUT2D eigenvalue weighted by Crippen LogP contribution is -2.65. The highest BCUT2D eigenvalue weighted by molar-refractivity contribution is 5.97. The molecule has 1 aromatic rings. The zero-order valence-electron chi connectivity index (χ0n) is 13.0. The van der Waals surface area contributed by atoms with E-state index in [1.165, 1.54) is 5.56 Å². The minimum atomic E-state index is -0.376. The van der Waals surface area contributed by atoms with E-state index in [0.717, 1.165) is 6.42 Å². The van der Waals surface area contributed by atoms with E-state index in [-0.39, 0.29) is 29.9 Å². The van der Waals surface area contributed by atoms with Crippen molar-refractivity contribution in [2.45, 2.75) is 58.2 Å². The molecule has 114 valence electrons. The Labute approximate surface area is 126 Å². The first-order chi connectivity index (χ1) is 10.1. The summed E-state index contributed by atoms with van der Waals surface area (Å²) in [7, 11) is 0. The van der Waals surface area contributed by atoms with Crippen LogP contribution in [0.25, 0.3) is 0 Å². The molecule has 0 aliphatic carbocycles. The average Bonchev–Trinajstić information content (AvgIpc) is 2.49. The molecule has 1 aliphatic heterocycles. The Balaban J connectivity index is 2.20. The summed E-state index contributed by atoms with van der Waals surface area (Å²) >= 11 is 0. The van der Waals surface area contributed by atoms with Gasteiger partial charge in [0.05, 0.1) is 0 Å². The highest BCUT2D eigenvalue weighted by Gasteiger charge is 2.40. The minimum absolute atomic E-state index is 0.0185. The van der Waals surface area contributed by atoms with Crippen molar-refractivity contribution in [2.75, 3.05) is 0 Å². The summed E-state index contributed by atoms with van der Waals surface area (Å²) in [4.78, 5) is 26.6. The van der Waals surface area contributed by atoms with Crippen LogP contribution in [0.5, 0.6) is 0 Å². The Bertz CT molecular complexity index is 501. The number of nitrogens with zero attached hydrogens (tertiary/aromatic N) is 1. The summed E-state index contributed by atoms with van der Waals surface area (Å²) in [5.41, 5.74) is 1.19. The fourth-order valence-corrected chi connectivity index (χ4v) is 3.03. The van der Waals surface area contributed by atoms with Crippen LogP contribution >= 0.6 is 0 Å². The van der Waals surface area contributed by atoms with Gasteiger partial charge in [-0.25, -0.2) is 0 Å². The van der Waals surface area contributed by atoms with E-state index in [2.05, 4.69) is 17.4 Å². The van der Waals surface area contributed by atoms with Gasteiger partial charge in [0, 0.05) is 6.04 Å². The van der Waals surface area contributed by atoms with Crippen molar-refractivity contribution in [3.8, 4) is 0 Å². The first-order valence-electron chi connectivity index (χ1n) is 7.74. The molecule has 1 aromatic carbocycles. The van der Waals surface area contributed by atoms with E-state index in [1.807, 2.05) is 39.0 Å². The van der Waals surface area contributed by atoms with Crippen LogP contribution in [0.3, 0.4) is 0 Å². The average molecular weight is 288 g/mol. The number of hydrogen-bond acceptors (Lipinski definition) is 2. The zero-order valence-corrected chi connectivity index (χ0v) is 13.0. The fraction of sp³-hybridized carbons (Fsp3) is 0.529. The summed E-state index contributed by atoms with van der Waals surface area (Å²) in [5, 5.41) is 2.84. The molecule has 4 heteroatoms. The molecule has 1 aliphatic rings. The van der Waals surface area contributed by atoms with Crippen LogP contribution in [-0.2, 0) is 16.0 Å². The lowest BCUT2D eigenvalue weighted by molar-refractivity contribution is -0.152. The molecule has 2 rings (SSSR count). The number of rotatable bonds is 5. The van der Waals surface area contributed by atoms with Crippen LogP contribution in [0.15, 0.2) is 30.3 Å². The van der Waals surface area contributed by atoms with Gasteiger partial charge in [-0.15, -0.1) is 0 Å². The zero-order chi connectivity index (χ0) is 15.4. The van der Waals surface area contributed by atoms with Crippen LogP contribution in [0.1, 0.15) is 39.2 Å². The maximum absolute atomic E-state index is 12.6. The van der Waals surface area contributed by atoms with Gasteiger partial charge in [-0.05, 0) is 31.7 Å². The maximum atomic E-state index is 12.6. The SMILES string of the molecule is CCC1NC(=O)C(CC)N(C(C)Cc2ccccc2)C1=O. The highest BCUT2D eigenvalue weighted by Crippen LogP contribution is 2.20. The molecule has 1 saturated heterocycles. The molecule has 1 N–H and O–H groups in total. The van der Waals surface area contributed by atoms with E-state index in [9.17, 15) is 9.59 Å². The Kier molecular flexibility index (Phi) is 4.99. The Morgan fingerprint density at radius 2 is 1.81 bits per heavy atom. The lowest BCUT2D eigenvalue weighted by atomic mass is 9.98. The van der Waals surface area contributed by atoms with E-state index < -0.39 is 0 Å². The van der Waals surface area contributed by atoms with Gasteiger partial charge in [-0.3, -0.25) is 9.59 Å². The number of hydrogen-bond donors (Lipinski definition) is 1. The molecule has 1 heterocycles. The largest absolute Gasteiger partial charge is 0.343 e. The molecule has 3 unspecified atom stereocenters. The molecule has 0 spiro atoms. The van der Waals surface area contributed by atoms with Gasteiger partial charge in [-0.1, -0.05) is 44.2 Å². The second-order valence-electron chi connectivity index (χ2n) is 5.68. The number of amides is 2. The molecular weight excluding hydrogens is 264 g/mol. The van der Waals surface area contributed by atoms with Crippen molar-refractivity contribution in [1.82, 2.24) is 10.2 Å². The first kappa shape index (κ1) is 15.5. The summed E-state index contributed by atoms with van der Waals surface area (Å²) in [6, 6.07) is 9.39. The van der Waals surface area contributed by atoms with Gasteiger partial charge >= 0.3 is 0 Å². The molecule has 2 amide bonds. The summed E-state index contributed by atoms with van der Waals surface area (Å²) < 4.78 is 0. The van der Waals surface area contributed by atoms with Gasteiger partial charge in [-0.2, -0.15) is 0 Å². The van der Waals surface area contributed by atoms with Crippen molar-refractivity contribution in [3.05, 3.63) is 35.9 Å². The van der Waals surface area contributed by atoms with Crippen molar-refractivity contribution in [3.63, 3.8) is 0 Å². The van der Waals surface area contributed by atoms with Crippen LogP contribution in [-0.4, -0.2) is 34.8 Å². The Hall–Kier alpha value is -1.84. The van der Waals surface area contributed by atoms with Crippen molar-refractivity contribution in [2.24, 2.45) is 0 Å². The standard InChI is InChI=1S/C17H24N2O2/c1-4-14-17(21)19(15(5-2)16(20)18-14)12(3)11-13-9-7-6-8-10-13/h6-10,12,14-15H,4-5,11H2,1-3H3,(H,18,20). The van der Waals surface area contributed by atoms with Gasteiger partial charge in [0.1, 0.15) is 12.1 Å². The fourth-order valence-electron chi connectivity index (χ4n) is 3.03. The third-order valence-corrected chi connectivity index (χ3v) is 4.15. The third-order valence-electron chi connectivity index (χ3n) is 4.15. The quantitative estimate of drug-likeness (QED) is 0.902. The minimum Gasteiger partial charge on any atom is -0.343 e. The van der Waals surface area contributed by atoms with E-state index in [0.29, 0.717) is 12.8 Å². The van der Waals surface area contributed by atoms with E-state index in [1.54, 1.807) is 4.90 Å². The number of carbonyl (C=O) groups excluding carboxylic acids is 2. The molecule has 4 nitrogen and oxygen atoms in total. The van der Waals surface area contributed by atoms with Crippen molar-refractivity contribution < 1.29 is 9.59 Å². The van der Waals surface area contributed by atoms with Gasteiger partial charge in [0.2, 0.25) is 11.8 Å². The second-order valence-corrected chi connectivity index (χ2v) is 5.68. The molecule has 21 heavy (non-hydrogen) atoms. The van der Waals surface area contributed by atoms with Crippen LogP contribution < -0.4 is 5.32 Å². The van der Waals surface area contributed by atoms with E-state index >= 15 is 0 Å². The molecule has 1 fully saturated rings. The van der Waals surface area contributed by atoms with Crippen molar-refractivity contribution >= 4 is 11.8 Å². The summed E-state index contributed by atoms with van der Waals surface area (Å²) in [5.74, 6) is 0.0243. The van der Waals surface area contributed by atoms with Gasteiger partial charge < -0.3 is 10.2 Å². The number of nitrogens with one attached hydrogen (secondary N) is 1. The Morgan fingerprint density at radius 3 is 2.38 bits per heavy atom. The molecule has 0 saturated carbocycles. The Morgan fingerprint density at radius 1 is 1.14 bits per heavy atom. The first-order valence-corrected chi connectivity index (χ1v) is 7.74. The molecule has 0 aromatic heterocycles. The van der Waals surface area contributed by atoms with Crippen molar-refractivity contribution in [1.29, 1.82) is 0 Å². The molecular formula is C17H24N2O2. The number of benzene rings is 1. The third kappa shape index (κ3) is 3.26. The summed E-state index contributed by atoms with van der Waals surface area (Å²) in [6.07, 6.45) is 2.05. The predicted molar refractivity (Wildman–Crippen MR) is 82.8 cm³/mol. The molecule has 0 bridgehead atoms. The normalized spacial score (nSPS) is 23.9.